The number of nitrogens with zero attached hydrogens (tertiary/aromatic N) is 2. The molecule has 0 spiro atoms. The van der Waals surface area contributed by atoms with Crippen LogP contribution in [0.4, 0.5) is 13.2 Å². The Balaban J connectivity index is 0.00000264. The van der Waals surface area contributed by atoms with Crippen LogP contribution in [-0.4, -0.2) is 23.2 Å². The van der Waals surface area contributed by atoms with Crippen molar-refractivity contribution in [2.24, 2.45) is 0 Å². The first-order valence-electron chi connectivity index (χ1n) is 6.68. The summed E-state index contributed by atoms with van der Waals surface area (Å²) in [6.07, 6.45) is -3.92. The lowest BCUT2D eigenvalue weighted by Gasteiger charge is -2.12. The Morgan fingerprint density at radius 3 is 2.65 bits per heavy atom. The van der Waals surface area contributed by atoms with Gasteiger partial charge in [-0.05, 0) is 26.1 Å². The van der Waals surface area contributed by atoms with Gasteiger partial charge < -0.3 is 14.6 Å². The molecule has 0 aliphatic rings. The predicted octanol–water partition coefficient (Wildman–Crippen LogP) is 3.24. The monoisotopic (exact) mass is 351 g/mol. The number of rotatable bonds is 6. The summed E-state index contributed by atoms with van der Waals surface area (Å²) in [5.41, 5.74) is -0.835. The molecule has 128 valence electrons. The second-order valence-electron chi connectivity index (χ2n) is 4.78. The molecule has 0 aliphatic heterocycles. The van der Waals surface area contributed by atoms with E-state index in [1.807, 2.05) is 14.0 Å². The average Bonchev–Trinajstić information content (AvgIpc) is 2.92. The second kappa shape index (κ2) is 8.16. The number of nitrogens with one attached hydrogen (secondary N) is 1. The van der Waals surface area contributed by atoms with Gasteiger partial charge in [0.15, 0.2) is 12.4 Å². The summed E-state index contributed by atoms with van der Waals surface area (Å²) in [5, 5.41) is 6.79. The number of aromatic nitrogens is 2. The Morgan fingerprint density at radius 1 is 1.30 bits per heavy atom. The molecule has 2 aromatic rings. The minimum absolute atomic E-state index is 0. The number of para-hydroxylation sites is 1. The summed E-state index contributed by atoms with van der Waals surface area (Å²) in [5.74, 6) is 0.346. The van der Waals surface area contributed by atoms with E-state index in [2.05, 4.69) is 15.5 Å². The van der Waals surface area contributed by atoms with Crippen molar-refractivity contribution in [1.82, 2.24) is 15.5 Å². The molecular formula is C14H17ClF3N3O2. The van der Waals surface area contributed by atoms with E-state index in [9.17, 15) is 13.2 Å². The third-order valence-electron chi connectivity index (χ3n) is 3.04. The molecule has 23 heavy (non-hydrogen) atoms. The maximum atomic E-state index is 12.8. The van der Waals surface area contributed by atoms with Gasteiger partial charge in [0.25, 0.3) is 5.89 Å². The van der Waals surface area contributed by atoms with Crippen molar-refractivity contribution in [3.8, 4) is 5.75 Å². The minimum Gasteiger partial charge on any atom is -0.483 e. The molecule has 0 bridgehead atoms. The highest BCUT2D eigenvalue weighted by Crippen LogP contribution is 2.36. The molecule has 5 nitrogen and oxygen atoms in total. The van der Waals surface area contributed by atoms with Crippen LogP contribution < -0.4 is 10.1 Å². The van der Waals surface area contributed by atoms with E-state index in [0.717, 1.165) is 6.07 Å². The van der Waals surface area contributed by atoms with Gasteiger partial charge in [-0.25, -0.2) is 0 Å². The molecule has 0 fully saturated rings. The number of likely N-dealkylation sites (N-methyl/N-ethyl adjacent to an activating group) is 1. The van der Waals surface area contributed by atoms with Crippen molar-refractivity contribution in [3.63, 3.8) is 0 Å². The molecule has 1 aromatic carbocycles. The van der Waals surface area contributed by atoms with E-state index in [1.165, 1.54) is 18.2 Å². The van der Waals surface area contributed by atoms with Gasteiger partial charge in [-0.15, -0.1) is 12.4 Å². The predicted molar refractivity (Wildman–Crippen MR) is 79.5 cm³/mol. The number of benzene rings is 1. The fourth-order valence-electron chi connectivity index (χ4n) is 1.77. The lowest BCUT2D eigenvalue weighted by Crippen LogP contribution is -2.24. The summed E-state index contributed by atoms with van der Waals surface area (Å²) in [6, 6.07) is 5.15. The molecule has 2 rings (SSSR count). The number of alkyl halides is 3. The molecule has 0 saturated carbocycles. The maximum absolute atomic E-state index is 12.8. The SMILES string of the molecule is CNC(C)Cc1noc(COc2ccccc2C(F)(F)F)n1.Cl. The summed E-state index contributed by atoms with van der Waals surface area (Å²) in [7, 11) is 1.81. The van der Waals surface area contributed by atoms with Gasteiger partial charge in [0, 0.05) is 12.5 Å². The van der Waals surface area contributed by atoms with E-state index < -0.39 is 11.7 Å². The van der Waals surface area contributed by atoms with E-state index >= 15 is 0 Å². The van der Waals surface area contributed by atoms with Gasteiger partial charge in [0.1, 0.15) is 5.75 Å². The summed E-state index contributed by atoms with van der Waals surface area (Å²) in [4.78, 5) is 4.08. The van der Waals surface area contributed by atoms with Gasteiger partial charge in [0.2, 0.25) is 0 Å². The van der Waals surface area contributed by atoms with E-state index in [-0.39, 0.29) is 36.7 Å². The molecular weight excluding hydrogens is 335 g/mol. The number of ether oxygens (including phenoxy) is 1. The molecule has 1 N–H and O–H groups in total. The van der Waals surface area contributed by atoms with E-state index in [4.69, 9.17) is 9.26 Å². The Labute approximate surface area is 137 Å². The van der Waals surface area contributed by atoms with Crippen LogP contribution in [0.5, 0.6) is 5.75 Å². The maximum Gasteiger partial charge on any atom is 0.419 e. The molecule has 1 heterocycles. The van der Waals surface area contributed by atoms with Gasteiger partial charge >= 0.3 is 6.18 Å². The quantitative estimate of drug-likeness (QED) is 0.865. The molecule has 1 aromatic heterocycles. The topological polar surface area (TPSA) is 60.2 Å². The van der Waals surface area contributed by atoms with Gasteiger partial charge in [0.05, 0.1) is 5.56 Å². The molecule has 0 radical (unpaired) electrons. The average molecular weight is 352 g/mol. The molecule has 9 heteroatoms. The Morgan fingerprint density at radius 2 is 2.00 bits per heavy atom. The van der Waals surface area contributed by atoms with Crippen LogP contribution in [0.25, 0.3) is 0 Å². The fraction of sp³-hybridized carbons (Fsp3) is 0.429. The van der Waals surface area contributed by atoms with Crippen LogP contribution in [-0.2, 0) is 19.2 Å². The van der Waals surface area contributed by atoms with E-state index in [0.29, 0.717) is 12.2 Å². The van der Waals surface area contributed by atoms with Crippen molar-refractivity contribution >= 4 is 12.4 Å². The van der Waals surface area contributed by atoms with Crippen molar-refractivity contribution < 1.29 is 22.4 Å². The molecule has 0 amide bonds. The van der Waals surface area contributed by atoms with Crippen LogP contribution in [0, 0.1) is 0 Å². The molecule has 0 saturated heterocycles. The first kappa shape index (κ1) is 19.2. The summed E-state index contributed by atoms with van der Waals surface area (Å²) in [6.45, 7) is 1.74. The highest BCUT2D eigenvalue weighted by Gasteiger charge is 2.34. The standard InChI is InChI=1S/C14H16F3N3O2.ClH/c1-9(18-2)7-12-19-13(22-20-12)8-21-11-6-4-3-5-10(11)14(15,16)17;/h3-6,9,18H,7-8H2,1-2H3;1H. The van der Waals surface area contributed by atoms with Crippen LogP contribution in [0.1, 0.15) is 24.2 Å². The Hall–Kier alpha value is -1.80. The van der Waals surface area contributed by atoms with Gasteiger partial charge in [-0.3, -0.25) is 0 Å². The van der Waals surface area contributed by atoms with Gasteiger partial charge in [-0.1, -0.05) is 17.3 Å². The molecule has 1 atom stereocenters. The normalized spacial score (nSPS) is 12.6. The lowest BCUT2D eigenvalue weighted by atomic mass is 10.2. The third kappa shape index (κ3) is 5.40. The van der Waals surface area contributed by atoms with Gasteiger partial charge in [-0.2, -0.15) is 18.2 Å². The number of halogens is 4. The molecule has 1 unspecified atom stereocenters. The highest BCUT2D eigenvalue weighted by molar-refractivity contribution is 5.85. The number of hydrogen-bond acceptors (Lipinski definition) is 5. The van der Waals surface area contributed by atoms with Crippen molar-refractivity contribution in [2.45, 2.75) is 32.2 Å². The summed E-state index contributed by atoms with van der Waals surface area (Å²) >= 11 is 0. The zero-order valence-electron chi connectivity index (χ0n) is 12.6. The minimum atomic E-state index is -4.47. The molecule has 0 aliphatic carbocycles. The first-order valence-corrected chi connectivity index (χ1v) is 6.68. The Bertz CT molecular complexity index is 619. The van der Waals surface area contributed by atoms with Crippen molar-refractivity contribution in [3.05, 3.63) is 41.5 Å². The van der Waals surface area contributed by atoms with Crippen LogP contribution in [0.15, 0.2) is 28.8 Å². The number of hydrogen-bond donors (Lipinski definition) is 1. The largest absolute Gasteiger partial charge is 0.483 e. The summed E-state index contributed by atoms with van der Waals surface area (Å²) < 4.78 is 48.6. The van der Waals surface area contributed by atoms with Crippen LogP contribution in [0.3, 0.4) is 0 Å². The second-order valence-corrected chi connectivity index (χ2v) is 4.78. The van der Waals surface area contributed by atoms with E-state index in [1.54, 1.807) is 0 Å². The highest BCUT2D eigenvalue weighted by atomic mass is 35.5. The fourth-order valence-corrected chi connectivity index (χ4v) is 1.77. The van der Waals surface area contributed by atoms with Crippen LogP contribution >= 0.6 is 12.4 Å². The zero-order chi connectivity index (χ0) is 16.2. The van der Waals surface area contributed by atoms with Crippen LogP contribution in [0.2, 0.25) is 0 Å². The lowest BCUT2D eigenvalue weighted by molar-refractivity contribution is -0.139. The zero-order valence-corrected chi connectivity index (χ0v) is 13.4. The van der Waals surface area contributed by atoms with Crippen molar-refractivity contribution in [2.75, 3.05) is 7.05 Å². The Kier molecular flexibility index (Phi) is 6.83. The first-order chi connectivity index (χ1) is 10.4. The smallest absolute Gasteiger partial charge is 0.419 e. The third-order valence-corrected chi connectivity index (χ3v) is 3.04. The van der Waals surface area contributed by atoms with Crippen molar-refractivity contribution in [1.29, 1.82) is 0 Å².